The molecule has 10 heteroatoms. The molecule has 0 amide bonds. The molecular formula is C20H27F2IN4O3. The SMILES string of the molecule is CCNC(=NCc1cc(OC)ccc1OC(F)F)NCc1cccnc1OCC.I. The Morgan fingerprint density at radius 1 is 1.17 bits per heavy atom. The van der Waals surface area contributed by atoms with Crippen molar-refractivity contribution < 1.29 is 23.0 Å². The number of nitrogens with one attached hydrogen (secondary N) is 2. The molecule has 0 fully saturated rings. The minimum absolute atomic E-state index is 0. The van der Waals surface area contributed by atoms with E-state index >= 15 is 0 Å². The largest absolute Gasteiger partial charge is 0.497 e. The van der Waals surface area contributed by atoms with E-state index in [0.717, 1.165) is 5.56 Å². The second-order valence-corrected chi connectivity index (χ2v) is 5.80. The lowest BCUT2D eigenvalue weighted by molar-refractivity contribution is -0.0504. The van der Waals surface area contributed by atoms with Crippen LogP contribution >= 0.6 is 24.0 Å². The molecule has 0 aliphatic carbocycles. The maximum absolute atomic E-state index is 12.7. The van der Waals surface area contributed by atoms with Gasteiger partial charge in [-0.3, -0.25) is 0 Å². The number of hydrogen-bond donors (Lipinski definition) is 2. The summed E-state index contributed by atoms with van der Waals surface area (Å²) in [6, 6.07) is 8.37. The van der Waals surface area contributed by atoms with Crippen molar-refractivity contribution in [2.24, 2.45) is 4.99 Å². The van der Waals surface area contributed by atoms with Crippen LogP contribution in [0.2, 0.25) is 0 Å². The lowest BCUT2D eigenvalue weighted by Gasteiger charge is -2.14. The van der Waals surface area contributed by atoms with Crippen molar-refractivity contribution in [2.45, 2.75) is 33.5 Å². The molecule has 30 heavy (non-hydrogen) atoms. The Labute approximate surface area is 192 Å². The fourth-order valence-electron chi connectivity index (χ4n) is 2.53. The second-order valence-electron chi connectivity index (χ2n) is 5.80. The molecule has 0 spiro atoms. The van der Waals surface area contributed by atoms with Crippen molar-refractivity contribution in [2.75, 3.05) is 20.3 Å². The third-order valence-electron chi connectivity index (χ3n) is 3.81. The van der Waals surface area contributed by atoms with Crippen LogP contribution in [-0.2, 0) is 13.1 Å². The molecule has 0 saturated carbocycles. The number of benzene rings is 1. The third-order valence-corrected chi connectivity index (χ3v) is 3.81. The Morgan fingerprint density at radius 3 is 2.63 bits per heavy atom. The molecule has 0 radical (unpaired) electrons. The molecule has 166 valence electrons. The molecule has 7 nitrogen and oxygen atoms in total. The Hall–Kier alpha value is -2.37. The van der Waals surface area contributed by atoms with Crippen LogP contribution in [-0.4, -0.2) is 37.8 Å². The van der Waals surface area contributed by atoms with Gasteiger partial charge in [-0.15, -0.1) is 24.0 Å². The Bertz CT molecular complexity index is 809. The van der Waals surface area contributed by atoms with Crippen LogP contribution in [0, 0.1) is 0 Å². The van der Waals surface area contributed by atoms with Crippen LogP contribution < -0.4 is 24.8 Å². The van der Waals surface area contributed by atoms with Gasteiger partial charge < -0.3 is 24.8 Å². The van der Waals surface area contributed by atoms with Crippen molar-refractivity contribution in [1.82, 2.24) is 15.6 Å². The molecule has 0 saturated heterocycles. The fraction of sp³-hybridized carbons (Fsp3) is 0.400. The van der Waals surface area contributed by atoms with Crippen molar-refractivity contribution in [3.63, 3.8) is 0 Å². The number of aliphatic imine (C=N–C) groups is 1. The number of ether oxygens (including phenoxy) is 3. The first-order valence-corrected chi connectivity index (χ1v) is 9.27. The predicted octanol–water partition coefficient (Wildman–Crippen LogP) is 3.96. The lowest BCUT2D eigenvalue weighted by atomic mass is 10.2. The van der Waals surface area contributed by atoms with Crippen LogP contribution in [0.15, 0.2) is 41.5 Å². The normalized spacial score (nSPS) is 10.9. The number of aromatic nitrogens is 1. The van der Waals surface area contributed by atoms with Gasteiger partial charge in [0.1, 0.15) is 11.5 Å². The summed E-state index contributed by atoms with van der Waals surface area (Å²) < 4.78 is 40.6. The van der Waals surface area contributed by atoms with E-state index in [-0.39, 0.29) is 36.3 Å². The van der Waals surface area contributed by atoms with E-state index in [9.17, 15) is 8.78 Å². The zero-order chi connectivity index (χ0) is 21.1. The second kappa shape index (κ2) is 13.8. The Morgan fingerprint density at radius 2 is 1.97 bits per heavy atom. The van der Waals surface area contributed by atoms with E-state index in [0.29, 0.717) is 42.8 Å². The molecule has 0 aliphatic rings. The predicted molar refractivity (Wildman–Crippen MR) is 122 cm³/mol. The number of methoxy groups -OCH3 is 1. The van der Waals surface area contributed by atoms with Crippen molar-refractivity contribution >= 4 is 29.9 Å². The summed E-state index contributed by atoms with van der Waals surface area (Å²) in [4.78, 5) is 8.69. The summed E-state index contributed by atoms with van der Waals surface area (Å²) in [6.07, 6.45) is 1.67. The lowest BCUT2D eigenvalue weighted by Crippen LogP contribution is -2.36. The van der Waals surface area contributed by atoms with E-state index < -0.39 is 6.61 Å². The van der Waals surface area contributed by atoms with Gasteiger partial charge in [-0.25, -0.2) is 9.98 Å². The van der Waals surface area contributed by atoms with Crippen molar-refractivity contribution in [1.29, 1.82) is 0 Å². The number of hydrogen-bond acceptors (Lipinski definition) is 5. The number of rotatable bonds is 10. The molecule has 2 rings (SSSR count). The molecule has 2 aromatic rings. The summed E-state index contributed by atoms with van der Waals surface area (Å²) in [5.74, 6) is 1.67. The number of guanidine groups is 1. The Kier molecular flexibility index (Phi) is 11.8. The van der Waals surface area contributed by atoms with Gasteiger partial charge in [0, 0.05) is 30.4 Å². The van der Waals surface area contributed by atoms with Crippen LogP contribution in [0.3, 0.4) is 0 Å². The van der Waals surface area contributed by atoms with Crippen molar-refractivity contribution in [3.05, 3.63) is 47.7 Å². The first-order valence-electron chi connectivity index (χ1n) is 9.27. The number of pyridine rings is 1. The highest BCUT2D eigenvalue weighted by atomic mass is 127. The molecule has 1 aromatic heterocycles. The average Bonchev–Trinajstić information content (AvgIpc) is 2.71. The molecule has 0 aliphatic heterocycles. The summed E-state index contributed by atoms with van der Waals surface area (Å²) in [5, 5.41) is 6.31. The van der Waals surface area contributed by atoms with E-state index in [4.69, 9.17) is 9.47 Å². The standard InChI is InChI=1S/C20H26F2N4O3.HI/c1-4-23-20(25-12-14-7-6-10-24-18(14)28-5-2)26-13-15-11-16(27-3)8-9-17(15)29-19(21)22;/h6-11,19H,4-5,12-13H2,1-3H3,(H2,23,25,26);1H. The number of alkyl halides is 2. The summed E-state index contributed by atoms with van der Waals surface area (Å²) >= 11 is 0. The first kappa shape index (κ1) is 25.7. The van der Waals surface area contributed by atoms with Crippen LogP contribution in [0.1, 0.15) is 25.0 Å². The van der Waals surface area contributed by atoms with Gasteiger partial charge in [0.25, 0.3) is 0 Å². The maximum atomic E-state index is 12.7. The van der Waals surface area contributed by atoms with Crippen LogP contribution in [0.5, 0.6) is 17.4 Å². The summed E-state index contributed by atoms with van der Waals surface area (Å²) in [7, 11) is 1.51. The minimum Gasteiger partial charge on any atom is -0.497 e. The monoisotopic (exact) mass is 536 g/mol. The maximum Gasteiger partial charge on any atom is 0.387 e. The zero-order valence-electron chi connectivity index (χ0n) is 17.2. The van der Waals surface area contributed by atoms with E-state index in [1.807, 2.05) is 26.0 Å². The molecule has 1 aromatic carbocycles. The quantitative estimate of drug-likeness (QED) is 0.272. The highest BCUT2D eigenvalue weighted by Gasteiger charge is 2.11. The molecule has 2 N–H and O–H groups in total. The van der Waals surface area contributed by atoms with Gasteiger partial charge in [-0.2, -0.15) is 8.78 Å². The topological polar surface area (TPSA) is 77.0 Å². The Balaban J connectivity index is 0.00000450. The molecule has 0 atom stereocenters. The number of nitrogens with zero attached hydrogens (tertiary/aromatic N) is 2. The van der Waals surface area contributed by atoms with E-state index in [2.05, 4.69) is 25.3 Å². The van der Waals surface area contributed by atoms with Crippen molar-refractivity contribution in [3.8, 4) is 17.4 Å². The van der Waals surface area contributed by atoms with E-state index in [1.54, 1.807) is 18.3 Å². The fourth-order valence-corrected chi connectivity index (χ4v) is 2.53. The van der Waals surface area contributed by atoms with Gasteiger partial charge in [0.15, 0.2) is 5.96 Å². The minimum atomic E-state index is -2.92. The van der Waals surface area contributed by atoms with Gasteiger partial charge in [-0.1, -0.05) is 6.07 Å². The smallest absolute Gasteiger partial charge is 0.387 e. The highest BCUT2D eigenvalue weighted by Crippen LogP contribution is 2.26. The first-order chi connectivity index (χ1) is 14.1. The average molecular weight is 536 g/mol. The van der Waals surface area contributed by atoms with Gasteiger partial charge in [-0.05, 0) is 38.1 Å². The van der Waals surface area contributed by atoms with Crippen LogP contribution in [0.4, 0.5) is 8.78 Å². The van der Waals surface area contributed by atoms with Gasteiger partial charge >= 0.3 is 6.61 Å². The summed E-state index contributed by atoms with van der Waals surface area (Å²) in [6.45, 7) is 2.62. The molecule has 0 bridgehead atoms. The number of halogens is 3. The van der Waals surface area contributed by atoms with Crippen LogP contribution in [0.25, 0.3) is 0 Å². The molecule has 0 unspecified atom stereocenters. The third kappa shape index (κ3) is 8.17. The molecular weight excluding hydrogens is 509 g/mol. The summed E-state index contributed by atoms with van der Waals surface area (Å²) in [5.41, 5.74) is 1.36. The van der Waals surface area contributed by atoms with E-state index in [1.165, 1.54) is 13.2 Å². The van der Waals surface area contributed by atoms with Gasteiger partial charge in [0.05, 0.1) is 20.3 Å². The molecule has 1 heterocycles. The zero-order valence-corrected chi connectivity index (χ0v) is 19.5. The highest BCUT2D eigenvalue weighted by molar-refractivity contribution is 14.0. The van der Waals surface area contributed by atoms with Gasteiger partial charge in [0.2, 0.25) is 5.88 Å².